The van der Waals surface area contributed by atoms with Crippen molar-refractivity contribution in [3.8, 4) is 0 Å². The topological polar surface area (TPSA) is 78.6 Å². The van der Waals surface area contributed by atoms with Crippen molar-refractivity contribution in [3.63, 3.8) is 0 Å². The van der Waals surface area contributed by atoms with Crippen molar-refractivity contribution in [1.82, 2.24) is 15.2 Å². The van der Waals surface area contributed by atoms with E-state index in [0.717, 1.165) is 23.6 Å². The number of thioether (sulfide) groups is 1. The first kappa shape index (κ1) is 20.9. The zero-order valence-electron chi connectivity index (χ0n) is 16.2. The maximum atomic E-state index is 11.9. The van der Waals surface area contributed by atoms with Gasteiger partial charge in [-0.15, -0.1) is 11.8 Å². The van der Waals surface area contributed by atoms with Gasteiger partial charge in [-0.3, -0.25) is 14.7 Å². The van der Waals surface area contributed by atoms with Gasteiger partial charge in [0.05, 0.1) is 24.4 Å². The molecule has 1 aliphatic rings. The standard InChI is InChI=1S/C21H29N3O3S/c25-20(12-23-21(26)16-28-15-18-6-10-27-14-18)4-3-19-11-17(5-7-22-19)13-24-8-1-2-9-24/h5-7,10-11,14,20,25H,1-4,8-9,12-13,15-16H2,(H,23,26). The van der Waals surface area contributed by atoms with Crippen molar-refractivity contribution >= 4 is 17.7 Å². The number of aliphatic hydroxyl groups excluding tert-OH is 1. The lowest BCUT2D eigenvalue weighted by Gasteiger charge is -2.15. The Morgan fingerprint density at radius 2 is 2.18 bits per heavy atom. The molecule has 3 rings (SSSR count). The van der Waals surface area contributed by atoms with Crippen molar-refractivity contribution in [1.29, 1.82) is 0 Å². The molecule has 2 aromatic rings. The highest BCUT2D eigenvalue weighted by Gasteiger charge is 2.13. The van der Waals surface area contributed by atoms with Gasteiger partial charge in [-0.1, -0.05) is 0 Å². The number of likely N-dealkylation sites (tertiary alicyclic amines) is 1. The zero-order chi connectivity index (χ0) is 19.6. The Morgan fingerprint density at radius 3 is 2.96 bits per heavy atom. The summed E-state index contributed by atoms with van der Waals surface area (Å²) < 4.78 is 5.00. The van der Waals surface area contributed by atoms with Crippen molar-refractivity contribution in [2.24, 2.45) is 0 Å². The molecular weight excluding hydrogens is 374 g/mol. The lowest BCUT2D eigenvalue weighted by atomic mass is 10.1. The molecule has 0 spiro atoms. The largest absolute Gasteiger partial charge is 0.472 e. The molecule has 3 heterocycles. The van der Waals surface area contributed by atoms with Crippen LogP contribution in [0.1, 0.15) is 36.1 Å². The van der Waals surface area contributed by atoms with E-state index in [1.54, 1.807) is 12.5 Å². The molecule has 7 heteroatoms. The van der Waals surface area contributed by atoms with Crippen LogP contribution in [0.2, 0.25) is 0 Å². The van der Waals surface area contributed by atoms with Crippen molar-refractivity contribution in [2.45, 2.75) is 44.1 Å². The molecule has 6 nitrogen and oxygen atoms in total. The number of carbonyl (C=O) groups excluding carboxylic acids is 1. The highest BCUT2D eigenvalue weighted by Crippen LogP contribution is 2.14. The number of amides is 1. The van der Waals surface area contributed by atoms with Crippen LogP contribution in [0, 0.1) is 0 Å². The molecule has 1 amide bonds. The van der Waals surface area contributed by atoms with Gasteiger partial charge in [0.2, 0.25) is 5.91 Å². The van der Waals surface area contributed by atoms with Crippen molar-refractivity contribution in [3.05, 3.63) is 53.7 Å². The summed E-state index contributed by atoms with van der Waals surface area (Å²) in [5.41, 5.74) is 3.35. The second-order valence-electron chi connectivity index (χ2n) is 7.26. The number of hydrogen-bond donors (Lipinski definition) is 2. The molecule has 2 aromatic heterocycles. The van der Waals surface area contributed by atoms with Crippen LogP contribution in [0.3, 0.4) is 0 Å². The molecule has 0 aliphatic carbocycles. The summed E-state index contributed by atoms with van der Waals surface area (Å²) in [6.45, 7) is 3.61. The number of furan rings is 1. The summed E-state index contributed by atoms with van der Waals surface area (Å²) in [6.07, 6.45) is 8.47. The van der Waals surface area contributed by atoms with E-state index in [-0.39, 0.29) is 12.5 Å². The van der Waals surface area contributed by atoms with Crippen LogP contribution >= 0.6 is 11.8 Å². The minimum Gasteiger partial charge on any atom is -0.472 e. The summed E-state index contributed by atoms with van der Waals surface area (Å²) in [4.78, 5) is 18.8. The number of rotatable bonds is 11. The first-order valence-electron chi connectivity index (χ1n) is 9.89. The Kier molecular flexibility index (Phi) is 8.39. The number of nitrogens with zero attached hydrogens (tertiary/aromatic N) is 2. The first-order valence-corrected chi connectivity index (χ1v) is 11.0. The molecule has 0 radical (unpaired) electrons. The minimum absolute atomic E-state index is 0.0571. The second kappa shape index (κ2) is 11.2. The molecule has 0 bridgehead atoms. The number of hydrogen-bond acceptors (Lipinski definition) is 6. The van der Waals surface area contributed by atoms with Crippen LogP contribution in [-0.2, 0) is 23.5 Å². The average Bonchev–Trinajstić information content (AvgIpc) is 3.39. The smallest absolute Gasteiger partial charge is 0.230 e. The third kappa shape index (κ3) is 7.30. The molecule has 1 atom stereocenters. The van der Waals surface area contributed by atoms with Crippen LogP contribution in [-0.4, -0.2) is 52.4 Å². The Balaban J connectivity index is 1.31. The van der Waals surface area contributed by atoms with E-state index in [4.69, 9.17) is 4.42 Å². The fourth-order valence-corrected chi connectivity index (χ4v) is 4.09. The molecule has 2 N–H and O–H groups in total. The van der Waals surface area contributed by atoms with Gasteiger partial charge < -0.3 is 14.8 Å². The van der Waals surface area contributed by atoms with Gasteiger partial charge in [0.15, 0.2) is 0 Å². The Hall–Kier alpha value is -1.83. The number of aromatic nitrogens is 1. The van der Waals surface area contributed by atoms with E-state index in [1.165, 1.54) is 43.3 Å². The Labute approximate surface area is 170 Å². The van der Waals surface area contributed by atoms with Gasteiger partial charge in [-0.2, -0.15) is 0 Å². The highest BCUT2D eigenvalue weighted by atomic mass is 32.2. The maximum absolute atomic E-state index is 11.9. The van der Waals surface area contributed by atoms with Crippen LogP contribution < -0.4 is 5.32 Å². The van der Waals surface area contributed by atoms with E-state index in [9.17, 15) is 9.90 Å². The fourth-order valence-electron chi connectivity index (χ4n) is 3.30. The van der Waals surface area contributed by atoms with Crippen LogP contribution in [0.15, 0.2) is 41.3 Å². The van der Waals surface area contributed by atoms with E-state index in [0.29, 0.717) is 18.6 Å². The molecule has 28 heavy (non-hydrogen) atoms. The number of aryl methyl sites for hydroxylation is 1. The Morgan fingerprint density at radius 1 is 1.32 bits per heavy atom. The van der Waals surface area contributed by atoms with Crippen LogP contribution in [0.5, 0.6) is 0 Å². The number of nitrogens with one attached hydrogen (secondary N) is 1. The van der Waals surface area contributed by atoms with Crippen LogP contribution in [0.4, 0.5) is 0 Å². The van der Waals surface area contributed by atoms with Crippen molar-refractivity contribution < 1.29 is 14.3 Å². The summed E-state index contributed by atoms with van der Waals surface area (Å²) in [5.74, 6) is 1.06. The van der Waals surface area contributed by atoms with Gasteiger partial charge in [-0.05, 0) is 62.5 Å². The first-order chi connectivity index (χ1) is 13.7. The molecule has 1 aliphatic heterocycles. The number of carbonyl (C=O) groups is 1. The second-order valence-corrected chi connectivity index (χ2v) is 8.25. The minimum atomic E-state index is -0.563. The van der Waals surface area contributed by atoms with E-state index < -0.39 is 6.10 Å². The third-order valence-electron chi connectivity index (χ3n) is 4.84. The predicted octanol–water partition coefficient (Wildman–Crippen LogP) is 2.61. The molecule has 0 saturated carbocycles. The highest BCUT2D eigenvalue weighted by molar-refractivity contribution is 7.99. The van der Waals surface area contributed by atoms with Gasteiger partial charge in [0.1, 0.15) is 0 Å². The van der Waals surface area contributed by atoms with Gasteiger partial charge >= 0.3 is 0 Å². The Bertz CT molecular complexity index is 717. The molecule has 0 aromatic carbocycles. The average molecular weight is 404 g/mol. The zero-order valence-corrected chi connectivity index (χ0v) is 17.0. The lowest BCUT2D eigenvalue weighted by molar-refractivity contribution is -0.119. The van der Waals surface area contributed by atoms with Crippen LogP contribution in [0.25, 0.3) is 0 Å². The van der Waals surface area contributed by atoms with Gasteiger partial charge in [0.25, 0.3) is 0 Å². The molecule has 1 saturated heterocycles. The maximum Gasteiger partial charge on any atom is 0.230 e. The van der Waals surface area contributed by atoms with E-state index in [2.05, 4.69) is 27.3 Å². The van der Waals surface area contributed by atoms with E-state index >= 15 is 0 Å². The molecule has 1 unspecified atom stereocenters. The lowest BCUT2D eigenvalue weighted by Crippen LogP contribution is -2.33. The third-order valence-corrected chi connectivity index (χ3v) is 5.84. The SMILES string of the molecule is O=C(CSCc1ccoc1)NCC(O)CCc1cc(CN2CCCC2)ccn1. The summed E-state index contributed by atoms with van der Waals surface area (Å²) in [6, 6.07) is 6.10. The predicted molar refractivity (Wildman–Crippen MR) is 111 cm³/mol. The normalized spacial score (nSPS) is 15.6. The summed E-state index contributed by atoms with van der Waals surface area (Å²) >= 11 is 1.53. The molecular formula is C21H29N3O3S. The number of pyridine rings is 1. The monoisotopic (exact) mass is 403 g/mol. The van der Waals surface area contributed by atoms with Crippen molar-refractivity contribution in [2.75, 3.05) is 25.4 Å². The quantitative estimate of drug-likeness (QED) is 0.600. The van der Waals surface area contributed by atoms with E-state index in [1.807, 2.05) is 12.3 Å². The number of aliphatic hydroxyl groups is 1. The van der Waals surface area contributed by atoms with Gasteiger partial charge in [0, 0.05) is 36.3 Å². The summed E-state index contributed by atoms with van der Waals surface area (Å²) in [5, 5.41) is 13.0. The fraction of sp³-hybridized carbons (Fsp3) is 0.524. The summed E-state index contributed by atoms with van der Waals surface area (Å²) in [7, 11) is 0. The molecule has 1 fully saturated rings. The van der Waals surface area contributed by atoms with Gasteiger partial charge in [-0.25, -0.2) is 0 Å². The molecule has 152 valence electrons.